The molecule has 3 aromatic rings. The maximum atomic E-state index is 13.9. The number of rotatable bonds is 5. The fraction of sp³-hybridized carbons (Fsp3) is 0.385. The number of benzene rings is 2. The number of hydrogen-bond acceptors (Lipinski definition) is 3. The second kappa shape index (κ2) is 8.71. The molecule has 0 atom stereocenters. The molecule has 0 unspecified atom stereocenters. The number of likely N-dealkylation sites (tertiary alicyclic amines) is 1. The lowest BCUT2D eigenvalue weighted by atomic mass is 9.88. The van der Waals surface area contributed by atoms with Crippen molar-refractivity contribution in [1.82, 2.24) is 14.4 Å². The highest BCUT2D eigenvalue weighted by atomic mass is 19.1. The Bertz CT molecular complexity index is 1210. The largest absolute Gasteiger partial charge is 0.339 e. The maximum Gasteiger partial charge on any atom is 0.270 e. The number of piperidine rings is 1. The first-order chi connectivity index (χ1) is 15.9. The van der Waals surface area contributed by atoms with Gasteiger partial charge in [0.2, 0.25) is 0 Å². The van der Waals surface area contributed by atoms with Crippen LogP contribution in [0, 0.1) is 17.6 Å². The summed E-state index contributed by atoms with van der Waals surface area (Å²) < 4.78 is 29.1. The number of nitrogens with zero attached hydrogens (tertiary/aromatic N) is 3. The van der Waals surface area contributed by atoms with E-state index >= 15 is 0 Å². The molecule has 0 bridgehead atoms. The summed E-state index contributed by atoms with van der Waals surface area (Å²) in [5.41, 5.74) is 3.00. The number of aromatic nitrogens is 1. The lowest BCUT2D eigenvalue weighted by Crippen LogP contribution is -2.39. The highest BCUT2D eigenvalue weighted by Gasteiger charge is 2.30. The van der Waals surface area contributed by atoms with Crippen LogP contribution in [0.4, 0.5) is 8.78 Å². The zero-order chi connectivity index (χ0) is 23.1. The Balaban J connectivity index is 1.29. The number of ketones is 1. The SMILES string of the molecule is CN1CCn2c(c(CCN3CCC(C(=O)c4ccc(F)cc4)CC3)c3ccc(F)cc32)C1=O. The van der Waals surface area contributed by atoms with E-state index in [2.05, 4.69) is 4.90 Å². The van der Waals surface area contributed by atoms with E-state index in [-0.39, 0.29) is 29.2 Å². The minimum absolute atomic E-state index is 0.0172. The normalized spacial score (nSPS) is 17.5. The van der Waals surface area contributed by atoms with Gasteiger partial charge in [0.1, 0.15) is 17.3 Å². The van der Waals surface area contributed by atoms with Crippen LogP contribution >= 0.6 is 0 Å². The van der Waals surface area contributed by atoms with E-state index in [0.717, 1.165) is 48.9 Å². The summed E-state index contributed by atoms with van der Waals surface area (Å²) in [7, 11) is 1.80. The topological polar surface area (TPSA) is 45.5 Å². The van der Waals surface area contributed by atoms with Crippen molar-refractivity contribution in [1.29, 1.82) is 0 Å². The van der Waals surface area contributed by atoms with Crippen molar-refractivity contribution >= 4 is 22.6 Å². The molecule has 0 radical (unpaired) electrons. The summed E-state index contributed by atoms with van der Waals surface area (Å²) in [5.74, 6) is -0.620. The third kappa shape index (κ3) is 4.06. The molecule has 1 saturated heterocycles. The standard InChI is InChI=1S/C26H27F2N3O2/c1-29-14-15-31-23-16-20(28)6-7-21(23)22(24(31)26(29)33)10-13-30-11-8-18(9-12-30)25(32)17-2-4-19(27)5-3-17/h2-7,16,18H,8-15H2,1H3. The highest BCUT2D eigenvalue weighted by molar-refractivity contribution is 6.02. The van der Waals surface area contributed by atoms with E-state index < -0.39 is 0 Å². The minimum Gasteiger partial charge on any atom is -0.339 e. The van der Waals surface area contributed by atoms with Crippen LogP contribution in [0.5, 0.6) is 0 Å². The third-order valence-electron chi connectivity index (χ3n) is 7.10. The van der Waals surface area contributed by atoms with Gasteiger partial charge in [-0.3, -0.25) is 9.59 Å². The molecule has 0 spiro atoms. The molecule has 0 aliphatic carbocycles. The number of likely N-dealkylation sites (N-methyl/N-ethyl adjacent to an activating group) is 1. The van der Waals surface area contributed by atoms with Gasteiger partial charge in [-0.15, -0.1) is 0 Å². The van der Waals surface area contributed by atoms with Crippen LogP contribution in [0.15, 0.2) is 42.5 Å². The molecular weight excluding hydrogens is 424 g/mol. The fourth-order valence-electron chi connectivity index (χ4n) is 5.19. The molecule has 3 heterocycles. The highest BCUT2D eigenvalue weighted by Crippen LogP contribution is 2.31. The van der Waals surface area contributed by atoms with Gasteiger partial charge in [0.25, 0.3) is 5.91 Å². The van der Waals surface area contributed by atoms with Gasteiger partial charge in [-0.2, -0.15) is 0 Å². The van der Waals surface area contributed by atoms with E-state index in [1.54, 1.807) is 30.1 Å². The van der Waals surface area contributed by atoms with Gasteiger partial charge in [-0.05, 0) is 80.4 Å². The van der Waals surface area contributed by atoms with Gasteiger partial charge in [-0.1, -0.05) is 0 Å². The van der Waals surface area contributed by atoms with Crippen LogP contribution in [0.3, 0.4) is 0 Å². The molecule has 5 nitrogen and oxygen atoms in total. The molecule has 1 amide bonds. The Morgan fingerprint density at radius 3 is 2.39 bits per heavy atom. The van der Waals surface area contributed by atoms with E-state index in [0.29, 0.717) is 30.8 Å². The molecule has 172 valence electrons. The number of carbonyl (C=O) groups is 2. The lowest BCUT2D eigenvalue weighted by molar-refractivity contribution is 0.0747. The predicted octanol–water partition coefficient (Wildman–Crippen LogP) is 4.14. The van der Waals surface area contributed by atoms with Crippen molar-refractivity contribution in [3.8, 4) is 0 Å². The first-order valence-corrected chi connectivity index (χ1v) is 11.5. The first kappa shape index (κ1) is 21.8. The predicted molar refractivity (Wildman–Crippen MR) is 122 cm³/mol. The van der Waals surface area contributed by atoms with Crippen molar-refractivity contribution in [3.05, 3.63) is 70.9 Å². The second-order valence-corrected chi connectivity index (χ2v) is 9.10. The molecule has 5 rings (SSSR count). The van der Waals surface area contributed by atoms with Crippen LogP contribution in [0.1, 0.15) is 39.3 Å². The monoisotopic (exact) mass is 451 g/mol. The quantitative estimate of drug-likeness (QED) is 0.548. The van der Waals surface area contributed by atoms with Crippen molar-refractivity contribution in [2.24, 2.45) is 5.92 Å². The molecule has 0 saturated carbocycles. The Hall–Kier alpha value is -3.06. The van der Waals surface area contributed by atoms with Crippen LogP contribution in [-0.2, 0) is 13.0 Å². The summed E-state index contributed by atoms with van der Waals surface area (Å²) in [5, 5.41) is 0.941. The molecule has 7 heteroatoms. The summed E-state index contributed by atoms with van der Waals surface area (Å²) in [4.78, 5) is 29.7. The number of fused-ring (bicyclic) bond motifs is 3. The van der Waals surface area contributed by atoms with Crippen molar-refractivity contribution in [2.75, 3.05) is 33.2 Å². The first-order valence-electron chi connectivity index (χ1n) is 11.5. The van der Waals surface area contributed by atoms with Crippen LogP contribution < -0.4 is 0 Å². The van der Waals surface area contributed by atoms with Gasteiger partial charge in [0.15, 0.2) is 5.78 Å². The van der Waals surface area contributed by atoms with Crippen molar-refractivity contribution < 1.29 is 18.4 Å². The summed E-state index contributed by atoms with van der Waals surface area (Å²) in [6.07, 6.45) is 2.22. The molecule has 1 aromatic heterocycles. The van der Waals surface area contributed by atoms with Crippen molar-refractivity contribution in [3.63, 3.8) is 0 Å². The lowest BCUT2D eigenvalue weighted by Gasteiger charge is -2.31. The smallest absolute Gasteiger partial charge is 0.270 e. The maximum absolute atomic E-state index is 13.9. The Morgan fingerprint density at radius 1 is 0.970 bits per heavy atom. The average molecular weight is 452 g/mol. The number of amides is 1. The van der Waals surface area contributed by atoms with E-state index in [4.69, 9.17) is 0 Å². The zero-order valence-corrected chi connectivity index (χ0v) is 18.7. The number of halogens is 2. The second-order valence-electron chi connectivity index (χ2n) is 9.10. The average Bonchev–Trinajstić information content (AvgIpc) is 3.13. The minimum atomic E-state index is -0.339. The Morgan fingerprint density at radius 2 is 1.67 bits per heavy atom. The Labute approximate surface area is 191 Å². The van der Waals surface area contributed by atoms with Gasteiger partial charge in [-0.25, -0.2) is 8.78 Å². The van der Waals surface area contributed by atoms with Crippen LogP contribution in [-0.4, -0.2) is 59.3 Å². The Kier molecular flexibility index (Phi) is 5.74. The summed E-state index contributed by atoms with van der Waals surface area (Å²) >= 11 is 0. The van der Waals surface area contributed by atoms with E-state index in [1.807, 2.05) is 4.57 Å². The van der Waals surface area contributed by atoms with Crippen LogP contribution in [0.2, 0.25) is 0 Å². The number of hydrogen-bond donors (Lipinski definition) is 0. The molecule has 2 aliphatic rings. The van der Waals surface area contributed by atoms with Crippen LogP contribution in [0.25, 0.3) is 10.9 Å². The molecule has 0 N–H and O–H groups in total. The molecular formula is C26H27F2N3O2. The summed E-state index contributed by atoms with van der Waals surface area (Å²) in [6.45, 7) is 3.65. The molecule has 2 aromatic carbocycles. The van der Waals surface area contributed by atoms with Gasteiger partial charge >= 0.3 is 0 Å². The van der Waals surface area contributed by atoms with Gasteiger partial charge in [0.05, 0.1) is 5.52 Å². The molecule has 2 aliphatic heterocycles. The van der Waals surface area contributed by atoms with E-state index in [9.17, 15) is 18.4 Å². The summed E-state index contributed by atoms with van der Waals surface area (Å²) in [6, 6.07) is 10.5. The van der Waals surface area contributed by atoms with E-state index in [1.165, 1.54) is 24.3 Å². The van der Waals surface area contributed by atoms with Crippen molar-refractivity contribution in [2.45, 2.75) is 25.8 Å². The molecule has 1 fully saturated rings. The van der Waals surface area contributed by atoms with Gasteiger partial charge < -0.3 is 14.4 Å². The fourth-order valence-corrected chi connectivity index (χ4v) is 5.19. The molecule has 33 heavy (non-hydrogen) atoms. The number of carbonyl (C=O) groups excluding carboxylic acids is 2. The zero-order valence-electron chi connectivity index (χ0n) is 18.7. The third-order valence-corrected chi connectivity index (χ3v) is 7.10. The number of Topliss-reactive ketones (excluding diaryl/α,β-unsaturated/α-hetero) is 1. The van der Waals surface area contributed by atoms with Gasteiger partial charge in [0, 0.05) is 43.5 Å².